The first-order valence-corrected chi connectivity index (χ1v) is 11.6. The van der Waals surface area contributed by atoms with Crippen LogP contribution < -0.4 is 5.32 Å². The molecule has 0 spiro atoms. The predicted molar refractivity (Wildman–Crippen MR) is 138 cm³/mol. The summed E-state index contributed by atoms with van der Waals surface area (Å²) in [7, 11) is 0. The van der Waals surface area contributed by atoms with Crippen molar-refractivity contribution in [1.82, 2.24) is 9.88 Å². The molecular weight excluding hydrogens is 432 g/mol. The van der Waals surface area contributed by atoms with Gasteiger partial charge in [0.1, 0.15) is 11.6 Å². The molecule has 1 heterocycles. The summed E-state index contributed by atoms with van der Waals surface area (Å²) >= 11 is 0. The minimum absolute atomic E-state index is 0.0770. The summed E-state index contributed by atoms with van der Waals surface area (Å²) in [4.78, 5) is 12.8. The van der Waals surface area contributed by atoms with Crippen LogP contribution in [0.5, 0.6) is 0 Å². The molecule has 4 rings (SSSR count). The summed E-state index contributed by atoms with van der Waals surface area (Å²) in [5.41, 5.74) is 5.62. The second-order valence-electron chi connectivity index (χ2n) is 8.39. The molecular formula is C30H26N4O. The molecule has 172 valence electrons. The highest BCUT2D eigenvalue weighted by atomic mass is 16.1. The third-order valence-electron chi connectivity index (χ3n) is 6.17. The molecule has 0 radical (unpaired) electrons. The summed E-state index contributed by atoms with van der Waals surface area (Å²) in [5.74, 6) is -0.369. The van der Waals surface area contributed by atoms with Gasteiger partial charge in [0, 0.05) is 35.2 Å². The third kappa shape index (κ3) is 5.32. The highest BCUT2D eigenvalue weighted by Crippen LogP contribution is 2.29. The van der Waals surface area contributed by atoms with E-state index in [4.69, 9.17) is 0 Å². The predicted octanol–water partition coefficient (Wildman–Crippen LogP) is 5.53. The minimum atomic E-state index is -0.369. The minimum Gasteiger partial charge on any atom is -0.351 e. The molecule has 4 aromatic rings. The van der Waals surface area contributed by atoms with Crippen LogP contribution in [0.15, 0.2) is 84.4 Å². The Morgan fingerprint density at radius 3 is 2.46 bits per heavy atom. The zero-order chi connectivity index (χ0) is 24.6. The van der Waals surface area contributed by atoms with E-state index in [1.165, 1.54) is 5.56 Å². The van der Waals surface area contributed by atoms with Gasteiger partial charge < -0.3 is 9.88 Å². The van der Waals surface area contributed by atoms with Crippen LogP contribution in [-0.4, -0.2) is 17.0 Å². The van der Waals surface area contributed by atoms with E-state index in [-0.39, 0.29) is 11.5 Å². The quantitative estimate of drug-likeness (QED) is 0.214. The van der Waals surface area contributed by atoms with Crippen LogP contribution in [0.4, 0.5) is 0 Å². The lowest BCUT2D eigenvalue weighted by atomic mass is 10.1. The molecule has 0 bridgehead atoms. The maximum atomic E-state index is 12.8. The van der Waals surface area contributed by atoms with Crippen molar-refractivity contribution in [3.63, 3.8) is 0 Å². The van der Waals surface area contributed by atoms with Gasteiger partial charge in [-0.1, -0.05) is 66.7 Å². The first kappa shape index (κ1) is 23.5. The molecule has 3 aromatic carbocycles. The zero-order valence-corrected chi connectivity index (χ0v) is 19.7. The molecule has 35 heavy (non-hydrogen) atoms. The summed E-state index contributed by atoms with van der Waals surface area (Å²) in [6.45, 7) is 3.00. The Balaban J connectivity index is 1.58. The monoisotopic (exact) mass is 458 g/mol. The normalized spacial score (nSPS) is 11.1. The number of benzene rings is 3. The molecule has 0 aliphatic carbocycles. The van der Waals surface area contributed by atoms with E-state index in [0.29, 0.717) is 18.7 Å². The van der Waals surface area contributed by atoms with Crippen LogP contribution in [0.25, 0.3) is 17.0 Å². The van der Waals surface area contributed by atoms with Crippen molar-refractivity contribution in [1.29, 1.82) is 10.5 Å². The number of hydrogen-bond acceptors (Lipinski definition) is 3. The second kappa shape index (κ2) is 11.0. The summed E-state index contributed by atoms with van der Waals surface area (Å²) in [6, 6.07) is 29.9. The lowest BCUT2D eigenvalue weighted by molar-refractivity contribution is -0.117. The molecule has 0 aliphatic rings. The van der Waals surface area contributed by atoms with Gasteiger partial charge in [0.2, 0.25) is 0 Å². The van der Waals surface area contributed by atoms with Crippen molar-refractivity contribution in [2.75, 3.05) is 6.54 Å². The Kier molecular flexibility index (Phi) is 7.40. The number of rotatable bonds is 8. The maximum Gasteiger partial charge on any atom is 0.261 e. The number of para-hydroxylation sites is 1. The molecule has 0 unspecified atom stereocenters. The Bertz CT molecular complexity index is 1470. The summed E-state index contributed by atoms with van der Waals surface area (Å²) in [5, 5.41) is 23.1. The number of nitriles is 2. The van der Waals surface area contributed by atoms with Gasteiger partial charge in [-0.15, -0.1) is 0 Å². The molecule has 0 aliphatic heterocycles. The van der Waals surface area contributed by atoms with Gasteiger partial charge in [0.15, 0.2) is 0 Å². The maximum absolute atomic E-state index is 12.8. The fourth-order valence-corrected chi connectivity index (χ4v) is 4.31. The SMILES string of the molecule is Cc1c(/C=C(/C#N)C(=O)NCCCc2ccccc2)c2ccccc2n1Cc1ccccc1C#N. The van der Waals surface area contributed by atoms with Crippen LogP contribution >= 0.6 is 0 Å². The van der Waals surface area contributed by atoms with Gasteiger partial charge in [0.25, 0.3) is 5.91 Å². The molecule has 5 nitrogen and oxygen atoms in total. The van der Waals surface area contributed by atoms with Gasteiger partial charge in [0.05, 0.1) is 11.6 Å². The lowest BCUT2D eigenvalue weighted by Crippen LogP contribution is -2.25. The third-order valence-corrected chi connectivity index (χ3v) is 6.17. The number of carbonyl (C=O) groups is 1. The molecule has 0 saturated carbocycles. The highest BCUT2D eigenvalue weighted by molar-refractivity contribution is 6.04. The van der Waals surface area contributed by atoms with Crippen molar-refractivity contribution in [2.45, 2.75) is 26.3 Å². The first-order chi connectivity index (χ1) is 17.1. The molecule has 0 fully saturated rings. The van der Waals surface area contributed by atoms with Crippen molar-refractivity contribution < 1.29 is 4.79 Å². The largest absolute Gasteiger partial charge is 0.351 e. The Morgan fingerprint density at radius 2 is 1.69 bits per heavy atom. The number of aryl methyl sites for hydroxylation is 1. The summed E-state index contributed by atoms with van der Waals surface area (Å²) in [6.07, 6.45) is 3.34. The smallest absolute Gasteiger partial charge is 0.261 e. The number of nitrogens with one attached hydrogen (secondary N) is 1. The van der Waals surface area contributed by atoms with Crippen molar-refractivity contribution >= 4 is 22.9 Å². The van der Waals surface area contributed by atoms with E-state index in [2.05, 4.69) is 34.2 Å². The van der Waals surface area contributed by atoms with E-state index in [1.54, 1.807) is 6.08 Å². The Hall–Kier alpha value is -4.61. The van der Waals surface area contributed by atoms with Crippen LogP contribution in [-0.2, 0) is 17.8 Å². The fraction of sp³-hybridized carbons (Fsp3) is 0.167. The van der Waals surface area contributed by atoms with Gasteiger partial charge >= 0.3 is 0 Å². The topological polar surface area (TPSA) is 81.6 Å². The van der Waals surface area contributed by atoms with Crippen molar-refractivity contribution in [3.05, 3.63) is 112 Å². The van der Waals surface area contributed by atoms with Gasteiger partial charge in [-0.25, -0.2) is 0 Å². The number of hydrogen-bond donors (Lipinski definition) is 1. The van der Waals surface area contributed by atoms with Crippen molar-refractivity contribution in [2.24, 2.45) is 0 Å². The van der Waals surface area contributed by atoms with Crippen LogP contribution in [0.1, 0.15) is 34.4 Å². The van der Waals surface area contributed by atoms with E-state index >= 15 is 0 Å². The second-order valence-corrected chi connectivity index (χ2v) is 8.39. The van der Waals surface area contributed by atoms with Crippen LogP contribution in [0.3, 0.4) is 0 Å². The average molecular weight is 459 g/mol. The number of aromatic nitrogens is 1. The van der Waals surface area contributed by atoms with E-state index in [9.17, 15) is 15.3 Å². The van der Waals surface area contributed by atoms with Crippen molar-refractivity contribution in [3.8, 4) is 12.1 Å². The Morgan fingerprint density at radius 1 is 0.971 bits per heavy atom. The molecule has 1 aromatic heterocycles. The number of fused-ring (bicyclic) bond motifs is 1. The standard InChI is InChI=1S/C30H26N4O/c1-22-28(18-26(20-32)30(35)33-17-9-12-23-10-3-2-4-11-23)27-15-7-8-16-29(27)34(22)21-25-14-6-5-13-24(25)19-31/h2-8,10-11,13-16,18H,9,12,17,21H2,1H3,(H,33,35)/b26-18-. The van der Waals surface area contributed by atoms with E-state index < -0.39 is 0 Å². The molecule has 5 heteroatoms. The number of carbonyl (C=O) groups excluding carboxylic acids is 1. The van der Waals surface area contributed by atoms with Crippen LogP contribution in [0, 0.1) is 29.6 Å². The lowest BCUT2D eigenvalue weighted by Gasteiger charge is -2.10. The molecule has 0 saturated heterocycles. The number of amides is 1. The average Bonchev–Trinajstić information content (AvgIpc) is 3.16. The van der Waals surface area contributed by atoms with E-state index in [1.807, 2.05) is 73.7 Å². The van der Waals surface area contributed by atoms with Gasteiger partial charge in [-0.2, -0.15) is 10.5 Å². The van der Waals surface area contributed by atoms with Gasteiger partial charge in [-0.3, -0.25) is 4.79 Å². The van der Waals surface area contributed by atoms with Gasteiger partial charge in [-0.05, 0) is 49.1 Å². The molecule has 1 amide bonds. The summed E-state index contributed by atoms with van der Waals surface area (Å²) < 4.78 is 2.13. The molecule has 0 atom stereocenters. The highest BCUT2D eigenvalue weighted by Gasteiger charge is 2.16. The number of nitrogens with zero attached hydrogens (tertiary/aromatic N) is 3. The van der Waals surface area contributed by atoms with E-state index in [0.717, 1.165) is 40.6 Å². The Labute approximate surface area is 205 Å². The molecule has 1 N–H and O–H groups in total. The fourth-order valence-electron chi connectivity index (χ4n) is 4.31. The first-order valence-electron chi connectivity index (χ1n) is 11.6. The van der Waals surface area contributed by atoms with Crippen LogP contribution in [0.2, 0.25) is 0 Å². The zero-order valence-electron chi connectivity index (χ0n) is 19.7.